The van der Waals surface area contributed by atoms with E-state index in [2.05, 4.69) is 15.0 Å². The number of pyridine rings is 1. The number of nitrogens with zero attached hydrogens (tertiary/aromatic N) is 3. The fraction of sp³-hybridized carbons (Fsp3) is 0.182. The van der Waals surface area contributed by atoms with Crippen molar-refractivity contribution in [2.75, 3.05) is 0 Å². The van der Waals surface area contributed by atoms with Crippen molar-refractivity contribution in [2.45, 2.75) is 12.8 Å². The van der Waals surface area contributed by atoms with Crippen LogP contribution in [0.4, 0.5) is 0 Å². The Morgan fingerprint density at radius 1 is 1.31 bits per heavy atom. The Bertz CT molecular complexity index is 499. The molecule has 0 radical (unpaired) electrons. The lowest BCUT2D eigenvalue weighted by Gasteiger charge is -2.03. The third-order valence-corrected chi connectivity index (χ3v) is 2.29. The number of aromatic nitrogens is 3. The second-order valence-electron chi connectivity index (χ2n) is 3.36. The van der Waals surface area contributed by atoms with Gasteiger partial charge in [0.2, 0.25) is 0 Å². The Morgan fingerprint density at radius 3 is 2.75 bits per heavy atom. The van der Waals surface area contributed by atoms with E-state index in [1.807, 2.05) is 13.0 Å². The van der Waals surface area contributed by atoms with Crippen molar-refractivity contribution in [3.8, 4) is 17.3 Å². The van der Waals surface area contributed by atoms with Gasteiger partial charge in [0, 0.05) is 5.69 Å². The number of alkyl halides is 1. The summed E-state index contributed by atoms with van der Waals surface area (Å²) in [6, 6.07) is 5.05. The molecule has 0 aliphatic heterocycles. The van der Waals surface area contributed by atoms with E-state index in [0.717, 1.165) is 11.4 Å². The zero-order valence-electron chi connectivity index (χ0n) is 8.68. The van der Waals surface area contributed by atoms with Crippen LogP contribution < -0.4 is 0 Å². The molecule has 2 aromatic heterocycles. The predicted molar refractivity (Wildman–Crippen MR) is 61.2 cm³/mol. The second kappa shape index (κ2) is 4.45. The van der Waals surface area contributed by atoms with Crippen molar-refractivity contribution in [1.29, 1.82) is 0 Å². The van der Waals surface area contributed by atoms with E-state index < -0.39 is 0 Å². The summed E-state index contributed by atoms with van der Waals surface area (Å²) in [5.74, 6) is 0.985. The minimum absolute atomic E-state index is 0.119. The topological polar surface area (TPSA) is 58.9 Å². The van der Waals surface area contributed by atoms with E-state index in [9.17, 15) is 0 Å². The van der Waals surface area contributed by atoms with Crippen molar-refractivity contribution >= 4 is 11.6 Å². The molecule has 1 N–H and O–H groups in total. The van der Waals surface area contributed by atoms with Crippen LogP contribution in [0.1, 0.15) is 11.4 Å². The van der Waals surface area contributed by atoms with Crippen LogP contribution in [-0.4, -0.2) is 20.1 Å². The summed E-state index contributed by atoms with van der Waals surface area (Å²) in [5, 5.41) is 9.13. The lowest BCUT2D eigenvalue weighted by Crippen LogP contribution is -1.97. The Balaban J connectivity index is 2.47. The van der Waals surface area contributed by atoms with Crippen molar-refractivity contribution in [1.82, 2.24) is 15.0 Å². The molecule has 2 rings (SSSR count). The molecule has 0 unspecified atom stereocenters. The van der Waals surface area contributed by atoms with Crippen molar-refractivity contribution in [2.24, 2.45) is 0 Å². The van der Waals surface area contributed by atoms with Crippen LogP contribution in [0.15, 0.2) is 24.4 Å². The predicted octanol–water partition coefficient (Wildman–Crippen LogP) is 2.29. The molecule has 0 saturated heterocycles. The molecular formula is C11H10ClN3O. The molecule has 0 aliphatic carbocycles. The quantitative estimate of drug-likeness (QED) is 0.812. The zero-order chi connectivity index (χ0) is 11.5. The molecule has 2 aromatic rings. The minimum Gasteiger partial charge on any atom is -0.506 e. The third-order valence-electron chi connectivity index (χ3n) is 2.02. The van der Waals surface area contributed by atoms with Crippen LogP contribution in [-0.2, 0) is 5.88 Å². The maximum Gasteiger partial charge on any atom is 0.178 e. The highest BCUT2D eigenvalue weighted by Crippen LogP contribution is 2.16. The molecule has 16 heavy (non-hydrogen) atoms. The van der Waals surface area contributed by atoms with Gasteiger partial charge in [0.25, 0.3) is 0 Å². The monoisotopic (exact) mass is 235 g/mol. The highest BCUT2D eigenvalue weighted by atomic mass is 35.5. The van der Waals surface area contributed by atoms with Crippen LogP contribution in [0.3, 0.4) is 0 Å². The molecule has 0 bridgehead atoms. The van der Waals surface area contributed by atoms with E-state index in [1.165, 1.54) is 6.20 Å². The van der Waals surface area contributed by atoms with Gasteiger partial charge in [-0.15, -0.1) is 11.6 Å². The van der Waals surface area contributed by atoms with Crippen LogP contribution >= 0.6 is 11.6 Å². The van der Waals surface area contributed by atoms with E-state index in [-0.39, 0.29) is 5.75 Å². The number of rotatable bonds is 2. The van der Waals surface area contributed by atoms with Crippen molar-refractivity contribution < 1.29 is 5.11 Å². The molecule has 82 valence electrons. The smallest absolute Gasteiger partial charge is 0.178 e. The standard InChI is InChI=1S/C11H10ClN3O/c1-7-4-8(5-12)15-11(14-7)10-3-2-9(16)6-13-10/h2-4,6,16H,5H2,1H3. The van der Waals surface area contributed by atoms with E-state index in [0.29, 0.717) is 17.4 Å². The summed E-state index contributed by atoms with van der Waals surface area (Å²) in [7, 11) is 0. The van der Waals surface area contributed by atoms with E-state index in [4.69, 9.17) is 16.7 Å². The lowest BCUT2D eigenvalue weighted by atomic mass is 10.3. The van der Waals surface area contributed by atoms with E-state index in [1.54, 1.807) is 12.1 Å². The number of aryl methyl sites for hydroxylation is 1. The van der Waals surface area contributed by atoms with Crippen molar-refractivity contribution in [3.63, 3.8) is 0 Å². The van der Waals surface area contributed by atoms with E-state index >= 15 is 0 Å². The second-order valence-corrected chi connectivity index (χ2v) is 3.63. The molecule has 0 aromatic carbocycles. The largest absolute Gasteiger partial charge is 0.506 e. The zero-order valence-corrected chi connectivity index (χ0v) is 9.44. The van der Waals surface area contributed by atoms with Gasteiger partial charge in [0.15, 0.2) is 5.82 Å². The summed E-state index contributed by atoms with van der Waals surface area (Å²) in [4.78, 5) is 12.6. The molecule has 0 atom stereocenters. The average Bonchev–Trinajstić information content (AvgIpc) is 2.29. The maximum atomic E-state index is 9.13. The first kappa shape index (κ1) is 10.8. The molecule has 0 fully saturated rings. The summed E-state index contributed by atoms with van der Waals surface area (Å²) in [6.45, 7) is 1.88. The van der Waals surface area contributed by atoms with Crippen molar-refractivity contribution in [3.05, 3.63) is 35.8 Å². The molecule has 5 heteroatoms. The number of aromatic hydroxyl groups is 1. The molecule has 0 amide bonds. The fourth-order valence-electron chi connectivity index (χ4n) is 1.34. The number of hydrogen-bond donors (Lipinski definition) is 1. The van der Waals surface area contributed by atoms with Gasteiger partial charge in [-0.1, -0.05) is 0 Å². The molecule has 0 saturated carbocycles. The number of hydrogen-bond acceptors (Lipinski definition) is 4. The van der Waals surface area contributed by atoms with Gasteiger partial charge in [0.05, 0.1) is 17.8 Å². The van der Waals surface area contributed by atoms with Gasteiger partial charge in [0.1, 0.15) is 11.4 Å². The lowest BCUT2D eigenvalue weighted by molar-refractivity contribution is 0.473. The van der Waals surface area contributed by atoms with Gasteiger partial charge < -0.3 is 5.11 Å². The van der Waals surface area contributed by atoms with Gasteiger partial charge in [-0.25, -0.2) is 15.0 Å². The summed E-state index contributed by atoms with van der Waals surface area (Å²) >= 11 is 5.73. The van der Waals surface area contributed by atoms with Gasteiger partial charge >= 0.3 is 0 Å². The first-order chi connectivity index (χ1) is 7.69. The maximum absolute atomic E-state index is 9.13. The Morgan fingerprint density at radius 2 is 2.12 bits per heavy atom. The molecule has 4 nitrogen and oxygen atoms in total. The minimum atomic E-state index is 0.119. The molecule has 0 aliphatic rings. The summed E-state index contributed by atoms with van der Waals surface area (Å²) in [5.41, 5.74) is 2.22. The first-order valence-corrected chi connectivity index (χ1v) is 5.28. The fourth-order valence-corrected chi connectivity index (χ4v) is 1.47. The summed E-state index contributed by atoms with van der Waals surface area (Å²) in [6.07, 6.45) is 1.36. The average molecular weight is 236 g/mol. The van der Waals surface area contributed by atoms with Crippen LogP contribution in [0.2, 0.25) is 0 Å². The molecule has 2 heterocycles. The van der Waals surface area contributed by atoms with Crippen LogP contribution in [0.25, 0.3) is 11.5 Å². The third kappa shape index (κ3) is 2.28. The molecule has 0 spiro atoms. The normalized spacial score (nSPS) is 10.4. The van der Waals surface area contributed by atoms with Gasteiger partial charge in [-0.2, -0.15) is 0 Å². The highest BCUT2D eigenvalue weighted by molar-refractivity contribution is 6.16. The Kier molecular flexibility index (Phi) is 3.01. The van der Waals surface area contributed by atoms with Crippen LogP contribution in [0.5, 0.6) is 5.75 Å². The Labute approximate surface area is 98.0 Å². The Hall–Kier alpha value is -1.68. The molecular weight excluding hydrogens is 226 g/mol. The highest BCUT2D eigenvalue weighted by Gasteiger charge is 2.05. The first-order valence-electron chi connectivity index (χ1n) is 4.75. The SMILES string of the molecule is Cc1cc(CCl)nc(-c2ccc(O)cn2)n1. The van der Waals surface area contributed by atoms with Gasteiger partial charge in [-0.3, -0.25) is 0 Å². The summed E-state index contributed by atoms with van der Waals surface area (Å²) < 4.78 is 0. The number of halogens is 1. The van der Waals surface area contributed by atoms with Gasteiger partial charge in [-0.05, 0) is 25.1 Å². The van der Waals surface area contributed by atoms with Crippen LogP contribution in [0, 0.1) is 6.92 Å².